The van der Waals surface area contributed by atoms with E-state index in [1.54, 1.807) is 6.07 Å². The van der Waals surface area contributed by atoms with Gasteiger partial charge in [0, 0.05) is 18.3 Å². The van der Waals surface area contributed by atoms with E-state index in [1.807, 2.05) is 0 Å². The Balaban J connectivity index is 1.92. The Bertz CT molecular complexity index is 421. The molecule has 1 aliphatic carbocycles. The second-order valence-corrected chi connectivity index (χ2v) is 4.11. The van der Waals surface area contributed by atoms with Crippen molar-refractivity contribution in [1.82, 2.24) is 9.97 Å². The summed E-state index contributed by atoms with van der Waals surface area (Å²) in [5.41, 5.74) is 0. The lowest BCUT2D eigenvalue weighted by Gasteiger charge is -2.08. The lowest BCUT2D eigenvalue weighted by atomic mass is 10.0. The zero-order valence-corrected chi connectivity index (χ0v) is 9.17. The molecule has 0 unspecified atom stereocenters. The Labute approximate surface area is 98.1 Å². The molecule has 90 valence electrons. The van der Waals surface area contributed by atoms with Crippen LogP contribution in [0.3, 0.4) is 0 Å². The van der Waals surface area contributed by atoms with Gasteiger partial charge in [-0.3, -0.25) is 14.9 Å². The van der Waals surface area contributed by atoms with Crippen molar-refractivity contribution < 1.29 is 14.7 Å². The first-order valence-electron chi connectivity index (χ1n) is 5.47. The summed E-state index contributed by atoms with van der Waals surface area (Å²) < 4.78 is 0. The zero-order valence-electron chi connectivity index (χ0n) is 9.17. The van der Waals surface area contributed by atoms with Gasteiger partial charge in [-0.1, -0.05) is 0 Å². The minimum absolute atomic E-state index is 0.194. The summed E-state index contributed by atoms with van der Waals surface area (Å²) in [6.07, 6.45) is 4.64. The number of carboxylic acid groups (broad SMARTS) is 1. The third-order valence-corrected chi connectivity index (χ3v) is 2.95. The van der Waals surface area contributed by atoms with Crippen LogP contribution in [-0.2, 0) is 9.59 Å². The van der Waals surface area contributed by atoms with Crippen molar-refractivity contribution in [2.24, 2.45) is 11.8 Å². The fraction of sp³-hybridized carbons (Fsp3) is 0.455. The molecule has 17 heavy (non-hydrogen) atoms. The van der Waals surface area contributed by atoms with Gasteiger partial charge in [0.2, 0.25) is 11.9 Å². The summed E-state index contributed by atoms with van der Waals surface area (Å²) in [5.74, 6) is -1.41. The standard InChI is InChI=1S/C11H13N3O3/c15-9(14-11-12-4-1-5-13-11)7-2-3-8(6-7)10(16)17/h1,4-5,7-8H,2-3,6H2,(H,16,17)(H,12,13,14,15)/t7-,8+/m0/s1. The van der Waals surface area contributed by atoms with E-state index in [0.29, 0.717) is 19.3 Å². The van der Waals surface area contributed by atoms with E-state index in [2.05, 4.69) is 15.3 Å². The van der Waals surface area contributed by atoms with Crippen LogP contribution in [0.4, 0.5) is 5.95 Å². The van der Waals surface area contributed by atoms with Gasteiger partial charge in [0.05, 0.1) is 5.92 Å². The summed E-state index contributed by atoms with van der Waals surface area (Å²) in [5, 5.41) is 11.4. The molecule has 1 aliphatic rings. The molecule has 0 radical (unpaired) electrons. The van der Waals surface area contributed by atoms with E-state index in [-0.39, 0.29) is 17.8 Å². The highest BCUT2D eigenvalue weighted by Gasteiger charge is 2.33. The molecule has 1 amide bonds. The van der Waals surface area contributed by atoms with Crippen LogP contribution in [0.5, 0.6) is 0 Å². The Morgan fingerprint density at radius 2 is 1.88 bits per heavy atom. The molecule has 0 aromatic carbocycles. The number of hydrogen-bond donors (Lipinski definition) is 2. The number of hydrogen-bond acceptors (Lipinski definition) is 4. The molecular weight excluding hydrogens is 222 g/mol. The highest BCUT2D eigenvalue weighted by atomic mass is 16.4. The molecule has 0 spiro atoms. The van der Waals surface area contributed by atoms with E-state index in [0.717, 1.165) is 0 Å². The Hall–Kier alpha value is -1.98. The molecule has 1 fully saturated rings. The Morgan fingerprint density at radius 1 is 1.24 bits per heavy atom. The van der Waals surface area contributed by atoms with E-state index in [1.165, 1.54) is 12.4 Å². The van der Waals surface area contributed by atoms with E-state index >= 15 is 0 Å². The molecule has 0 saturated heterocycles. The van der Waals surface area contributed by atoms with Gasteiger partial charge in [0.15, 0.2) is 0 Å². The zero-order chi connectivity index (χ0) is 12.3. The maximum atomic E-state index is 11.8. The van der Waals surface area contributed by atoms with Crippen LogP contribution >= 0.6 is 0 Å². The van der Waals surface area contributed by atoms with Crippen molar-refractivity contribution in [2.75, 3.05) is 5.32 Å². The Morgan fingerprint density at radius 3 is 2.47 bits per heavy atom. The fourth-order valence-corrected chi connectivity index (χ4v) is 2.02. The first-order chi connectivity index (χ1) is 8.16. The van der Waals surface area contributed by atoms with Gasteiger partial charge in [0.25, 0.3) is 0 Å². The van der Waals surface area contributed by atoms with Gasteiger partial charge in [-0.15, -0.1) is 0 Å². The van der Waals surface area contributed by atoms with Crippen LogP contribution < -0.4 is 5.32 Å². The van der Waals surface area contributed by atoms with Crippen LogP contribution in [0.2, 0.25) is 0 Å². The number of nitrogens with one attached hydrogen (secondary N) is 1. The number of nitrogens with zero attached hydrogens (tertiary/aromatic N) is 2. The minimum Gasteiger partial charge on any atom is -0.481 e. The van der Waals surface area contributed by atoms with Crippen molar-refractivity contribution in [1.29, 1.82) is 0 Å². The van der Waals surface area contributed by atoms with Gasteiger partial charge >= 0.3 is 5.97 Å². The summed E-state index contributed by atoms with van der Waals surface area (Å²) in [6, 6.07) is 1.66. The number of aliphatic carboxylic acids is 1. The lowest BCUT2D eigenvalue weighted by Crippen LogP contribution is -2.22. The molecule has 0 aliphatic heterocycles. The van der Waals surface area contributed by atoms with Crippen molar-refractivity contribution in [2.45, 2.75) is 19.3 Å². The first kappa shape index (κ1) is 11.5. The highest BCUT2D eigenvalue weighted by molar-refractivity contribution is 5.91. The van der Waals surface area contributed by atoms with Crippen molar-refractivity contribution in [3.05, 3.63) is 18.5 Å². The molecule has 0 bridgehead atoms. The van der Waals surface area contributed by atoms with Gasteiger partial charge in [-0.05, 0) is 25.3 Å². The SMILES string of the molecule is O=C(O)[C@@H]1CC[C@H](C(=O)Nc2ncccn2)C1. The number of carboxylic acids is 1. The summed E-state index contributed by atoms with van der Waals surface area (Å²) in [4.78, 5) is 30.3. The first-order valence-corrected chi connectivity index (χ1v) is 5.47. The predicted molar refractivity (Wildman–Crippen MR) is 59.1 cm³/mol. The van der Waals surface area contributed by atoms with Crippen molar-refractivity contribution in [3.63, 3.8) is 0 Å². The maximum absolute atomic E-state index is 11.8. The minimum atomic E-state index is -0.823. The van der Waals surface area contributed by atoms with E-state index < -0.39 is 11.9 Å². The topological polar surface area (TPSA) is 92.2 Å². The summed E-state index contributed by atoms with van der Waals surface area (Å²) in [7, 11) is 0. The van der Waals surface area contributed by atoms with Crippen molar-refractivity contribution >= 4 is 17.8 Å². The van der Waals surface area contributed by atoms with Gasteiger partial charge in [-0.2, -0.15) is 0 Å². The Kier molecular flexibility index (Phi) is 3.32. The molecule has 2 rings (SSSR count). The molecule has 2 N–H and O–H groups in total. The van der Waals surface area contributed by atoms with Crippen LogP contribution in [0.1, 0.15) is 19.3 Å². The number of anilines is 1. The summed E-state index contributed by atoms with van der Waals surface area (Å²) in [6.45, 7) is 0. The second kappa shape index (κ2) is 4.90. The molecule has 1 aromatic heterocycles. The number of carbonyl (C=O) groups excluding carboxylic acids is 1. The van der Waals surface area contributed by atoms with Gasteiger partial charge < -0.3 is 5.11 Å². The molecule has 1 aromatic rings. The van der Waals surface area contributed by atoms with Crippen LogP contribution in [0.15, 0.2) is 18.5 Å². The average molecular weight is 235 g/mol. The monoisotopic (exact) mass is 235 g/mol. The fourth-order valence-electron chi connectivity index (χ4n) is 2.02. The average Bonchev–Trinajstić information content (AvgIpc) is 2.79. The smallest absolute Gasteiger partial charge is 0.306 e. The number of amides is 1. The molecule has 2 atom stereocenters. The largest absolute Gasteiger partial charge is 0.481 e. The van der Waals surface area contributed by atoms with Gasteiger partial charge in [0.1, 0.15) is 0 Å². The van der Waals surface area contributed by atoms with Crippen molar-refractivity contribution in [3.8, 4) is 0 Å². The highest BCUT2D eigenvalue weighted by Crippen LogP contribution is 2.31. The van der Waals surface area contributed by atoms with Crippen LogP contribution in [-0.4, -0.2) is 27.0 Å². The molecular formula is C11H13N3O3. The number of carbonyl (C=O) groups is 2. The third kappa shape index (κ3) is 2.77. The van der Waals surface area contributed by atoms with E-state index in [9.17, 15) is 9.59 Å². The second-order valence-electron chi connectivity index (χ2n) is 4.11. The molecule has 6 nitrogen and oxygen atoms in total. The maximum Gasteiger partial charge on any atom is 0.306 e. The third-order valence-electron chi connectivity index (χ3n) is 2.95. The van der Waals surface area contributed by atoms with Gasteiger partial charge in [-0.25, -0.2) is 9.97 Å². The number of rotatable bonds is 3. The molecule has 6 heteroatoms. The number of aromatic nitrogens is 2. The molecule has 1 heterocycles. The quantitative estimate of drug-likeness (QED) is 0.812. The predicted octanol–water partition coefficient (Wildman–Crippen LogP) is 0.916. The van der Waals surface area contributed by atoms with Crippen LogP contribution in [0, 0.1) is 11.8 Å². The van der Waals surface area contributed by atoms with E-state index in [4.69, 9.17) is 5.11 Å². The van der Waals surface area contributed by atoms with Crippen LogP contribution in [0.25, 0.3) is 0 Å². The summed E-state index contributed by atoms with van der Waals surface area (Å²) >= 11 is 0. The normalized spacial score (nSPS) is 23.3. The lowest BCUT2D eigenvalue weighted by molar-refractivity contribution is -0.141. The molecule has 1 saturated carbocycles.